The van der Waals surface area contributed by atoms with Crippen molar-refractivity contribution in [3.63, 3.8) is 0 Å². The van der Waals surface area contributed by atoms with Gasteiger partial charge < -0.3 is 20.3 Å². The number of carbonyl (C=O) groups is 2. The minimum Gasteiger partial charge on any atom is -0.466 e. The number of nitrogen functional groups attached to an aromatic ring is 1. The summed E-state index contributed by atoms with van der Waals surface area (Å²) in [7, 11) is 0. The SMILES string of the molecule is CCOC(=O)CC(=O)N1CC(c2ccc(Cl)cc2)N(c2ncc(Cl)cc2N)CC1CC(C)C. The van der Waals surface area contributed by atoms with Gasteiger partial charge >= 0.3 is 5.97 Å². The summed E-state index contributed by atoms with van der Waals surface area (Å²) in [4.78, 5) is 33.7. The molecule has 2 atom stereocenters. The number of piperazine rings is 1. The third kappa shape index (κ3) is 6.30. The summed E-state index contributed by atoms with van der Waals surface area (Å²) < 4.78 is 5.01. The van der Waals surface area contributed by atoms with Gasteiger partial charge in [-0.15, -0.1) is 0 Å². The van der Waals surface area contributed by atoms with E-state index in [1.807, 2.05) is 24.3 Å². The number of carbonyl (C=O) groups excluding carboxylic acids is 2. The zero-order valence-electron chi connectivity index (χ0n) is 19.1. The van der Waals surface area contributed by atoms with Gasteiger partial charge in [0, 0.05) is 30.4 Å². The highest BCUT2D eigenvalue weighted by Crippen LogP contribution is 2.37. The Morgan fingerprint density at radius 2 is 1.88 bits per heavy atom. The van der Waals surface area contributed by atoms with Gasteiger partial charge in [-0.1, -0.05) is 49.2 Å². The molecule has 2 N–H and O–H groups in total. The first-order chi connectivity index (χ1) is 15.7. The van der Waals surface area contributed by atoms with Crippen LogP contribution in [-0.4, -0.2) is 47.5 Å². The molecule has 3 rings (SSSR count). The van der Waals surface area contributed by atoms with Crippen LogP contribution in [0.4, 0.5) is 11.5 Å². The molecule has 0 aliphatic carbocycles. The van der Waals surface area contributed by atoms with Crippen molar-refractivity contribution in [1.29, 1.82) is 0 Å². The second kappa shape index (κ2) is 11.1. The first-order valence-corrected chi connectivity index (χ1v) is 11.8. The van der Waals surface area contributed by atoms with Gasteiger partial charge in [0.25, 0.3) is 0 Å². The molecule has 0 bridgehead atoms. The Morgan fingerprint density at radius 1 is 1.18 bits per heavy atom. The molecule has 1 saturated heterocycles. The van der Waals surface area contributed by atoms with Crippen molar-refractivity contribution < 1.29 is 14.3 Å². The lowest BCUT2D eigenvalue weighted by molar-refractivity contribution is -0.150. The molecule has 2 heterocycles. The van der Waals surface area contributed by atoms with E-state index in [0.29, 0.717) is 40.6 Å². The molecule has 2 unspecified atom stereocenters. The second-order valence-corrected chi connectivity index (χ2v) is 9.47. The van der Waals surface area contributed by atoms with Crippen LogP contribution in [0.15, 0.2) is 36.5 Å². The predicted molar refractivity (Wildman–Crippen MR) is 131 cm³/mol. The largest absolute Gasteiger partial charge is 0.466 e. The molecule has 1 fully saturated rings. The average molecular weight is 493 g/mol. The Bertz CT molecular complexity index is 984. The maximum atomic E-state index is 13.2. The van der Waals surface area contributed by atoms with Gasteiger partial charge in [-0.3, -0.25) is 9.59 Å². The molecule has 178 valence electrons. The number of nitrogens with zero attached hydrogens (tertiary/aromatic N) is 3. The minimum atomic E-state index is -0.514. The molecule has 1 amide bonds. The maximum absolute atomic E-state index is 13.2. The first-order valence-electron chi connectivity index (χ1n) is 11.1. The fourth-order valence-corrected chi connectivity index (χ4v) is 4.56. The summed E-state index contributed by atoms with van der Waals surface area (Å²) in [5, 5.41) is 1.08. The van der Waals surface area contributed by atoms with Crippen LogP contribution in [0.2, 0.25) is 10.0 Å². The second-order valence-electron chi connectivity index (χ2n) is 8.60. The molecular formula is C24H30Cl2N4O3. The number of aromatic nitrogens is 1. The highest BCUT2D eigenvalue weighted by molar-refractivity contribution is 6.31. The predicted octanol–water partition coefficient (Wildman–Crippen LogP) is 4.73. The lowest BCUT2D eigenvalue weighted by atomic mass is 9.94. The van der Waals surface area contributed by atoms with E-state index in [4.69, 9.17) is 33.7 Å². The quantitative estimate of drug-likeness (QED) is 0.443. The van der Waals surface area contributed by atoms with Crippen molar-refractivity contribution in [1.82, 2.24) is 9.88 Å². The van der Waals surface area contributed by atoms with E-state index in [1.165, 1.54) is 0 Å². The number of anilines is 2. The molecule has 7 nitrogen and oxygen atoms in total. The van der Waals surface area contributed by atoms with Gasteiger partial charge in [-0.05, 0) is 43.0 Å². The molecule has 0 radical (unpaired) electrons. The van der Waals surface area contributed by atoms with Gasteiger partial charge in [0.1, 0.15) is 6.42 Å². The number of benzene rings is 1. The highest BCUT2D eigenvalue weighted by atomic mass is 35.5. The van der Waals surface area contributed by atoms with Crippen LogP contribution in [0, 0.1) is 5.92 Å². The summed E-state index contributed by atoms with van der Waals surface area (Å²) in [6, 6.07) is 8.84. The van der Waals surface area contributed by atoms with Gasteiger partial charge in [-0.25, -0.2) is 4.98 Å². The Morgan fingerprint density at radius 3 is 2.48 bits per heavy atom. The number of ether oxygens (including phenoxy) is 1. The van der Waals surface area contributed by atoms with Gasteiger partial charge in [-0.2, -0.15) is 0 Å². The Labute approximate surface area is 204 Å². The van der Waals surface area contributed by atoms with Gasteiger partial charge in [0.15, 0.2) is 5.82 Å². The topological polar surface area (TPSA) is 88.8 Å². The number of nitrogens with two attached hydrogens (primary N) is 1. The lowest BCUT2D eigenvalue weighted by Gasteiger charge is -2.48. The molecule has 0 saturated carbocycles. The molecule has 33 heavy (non-hydrogen) atoms. The molecule has 1 aliphatic heterocycles. The van der Waals surface area contributed by atoms with E-state index in [0.717, 1.165) is 12.0 Å². The fourth-order valence-electron chi connectivity index (χ4n) is 4.27. The van der Waals surface area contributed by atoms with Crippen LogP contribution in [0.25, 0.3) is 0 Å². The van der Waals surface area contributed by atoms with E-state index >= 15 is 0 Å². The lowest BCUT2D eigenvalue weighted by Crippen LogP contribution is -2.57. The van der Waals surface area contributed by atoms with Crippen LogP contribution in [-0.2, 0) is 14.3 Å². The Hall–Kier alpha value is -2.51. The molecular weight excluding hydrogens is 463 g/mol. The number of hydrogen-bond donors (Lipinski definition) is 1. The van der Waals surface area contributed by atoms with Crippen LogP contribution >= 0.6 is 23.2 Å². The van der Waals surface area contributed by atoms with Crippen molar-refractivity contribution in [3.05, 3.63) is 52.1 Å². The molecule has 9 heteroatoms. The third-order valence-electron chi connectivity index (χ3n) is 5.65. The first kappa shape index (κ1) is 25.1. The van der Waals surface area contributed by atoms with E-state index in [9.17, 15) is 9.59 Å². The molecule has 2 aromatic rings. The smallest absolute Gasteiger partial charge is 0.315 e. The van der Waals surface area contributed by atoms with Crippen LogP contribution in [0.1, 0.15) is 45.2 Å². The van der Waals surface area contributed by atoms with E-state index in [2.05, 4.69) is 23.7 Å². The molecule has 1 aromatic carbocycles. The molecule has 1 aromatic heterocycles. The van der Waals surface area contributed by atoms with Crippen molar-refractivity contribution in [3.8, 4) is 0 Å². The normalized spacial score (nSPS) is 18.5. The van der Waals surface area contributed by atoms with Crippen molar-refractivity contribution in [2.75, 3.05) is 30.3 Å². The molecule has 0 spiro atoms. The minimum absolute atomic E-state index is 0.118. The Kier molecular flexibility index (Phi) is 8.43. The highest BCUT2D eigenvalue weighted by Gasteiger charge is 2.39. The monoisotopic (exact) mass is 492 g/mol. The van der Waals surface area contributed by atoms with E-state index < -0.39 is 5.97 Å². The number of esters is 1. The van der Waals surface area contributed by atoms with Gasteiger partial charge in [0.05, 0.1) is 23.4 Å². The summed E-state index contributed by atoms with van der Waals surface area (Å²) in [5.74, 6) is 0.206. The number of halogens is 2. The van der Waals surface area contributed by atoms with Crippen LogP contribution in [0.5, 0.6) is 0 Å². The van der Waals surface area contributed by atoms with Crippen LogP contribution in [0.3, 0.4) is 0 Å². The number of hydrogen-bond acceptors (Lipinski definition) is 6. The van der Waals surface area contributed by atoms with Crippen molar-refractivity contribution >= 4 is 46.6 Å². The van der Waals surface area contributed by atoms with Gasteiger partial charge in [0.2, 0.25) is 5.91 Å². The van der Waals surface area contributed by atoms with Crippen molar-refractivity contribution in [2.45, 2.75) is 45.7 Å². The van der Waals surface area contributed by atoms with E-state index in [1.54, 1.807) is 24.1 Å². The number of rotatable bonds is 7. The zero-order chi connectivity index (χ0) is 24.1. The number of amides is 1. The van der Waals surface area contributed by atoms with E-state index in [-0.39, 0.29) is 31.0 Å². The number of pyridine rings is 1. The summed E-state index contributed by atoms with van der Waals surface area (Å²) in [6.07, 6.45) is 2.06. The summed E-state index contributed by atoms with van der Waals surface area (Å²) >= 11 is 12.2. The van der Waals surface area contributed by atoms with Crippen molar-refractivity contribution in [2.24, 2.45) is 5.92 Å². The zero-order valence-corrected chi connectivity index (χ0v) is 20.6. The standard InChI is InChI=1S/C24H30Cl2N4O3/c1-4-33-23(32)11-22(31)29-14-21(16-5-7-17(25)8-6-16)30(13-19(29)9-15(2)3)24-20(27)10-18(26)12-28-24/h5-8,10,12,15,19,21H,4,9,11,13-14,27H2,1-3H3. The molecule has 1 aliphatic rings. The third-order valence-corrected chi connectivity index (χ3v) is 6.11. The fraction of sp³-hybridized carbons (Fsp3) is 0.458. The average Bonchev–Trinajstić information content (AvgIpc) is 2.74. The Balaban J connectivity index is 2.00. The summed E-state index contributed by atoms with van der Waals surface area (Å²) in [5.41, 5.74) is 7.74. The van der Waals surface area contributed by atoms with Crippen LogP contribution < -0.4 is 10.6 Å². The maximum Gasteiger partial charge on any atom is 0.315 e. The summed E-state index contributed by atoms with van der Waals surface area (Å²) in [6.45, 7) is 7.07.